The first-order chi connectivity index (χ1) is 7.50. The van der Waals surface area contributed by atoms with Crippen molar-refractivity contribution in [2.45, 2.75) is 20.4 Å². The number of amides is 1. The van der Waals surface area contributed by atoms with E-state index < -0.39 is 5.97 Å². The van der Waals surface area contributed by atoms with Gasteiger partial charge in [0.25, 0.3) is 5.91 Å². The first-order valence-corrected chi connectivity index (χ1v) is 5.16. The van der Waals surface area contributed by atoms with Crippen molar-refractivity contribution in [1.82, 2.24) is 9.88 Å². The molecular weight excluding hydrogens is 208 g/mol. The maximum atomic E-state index is 11.7. The van der Waals surface area contributed by atoms with Crippen LogP contribution in [-0.2, 0) is 11.3 Å². The molecule has 0 spiro atoms. The largest absolute Gasteiger partial charge is 0.480 e. The molecular formula is C11H16N2O3. The van der Waals surface area contributed by atoms with Crippen LogP contribution < -0.4 is 5.32 Å². The SMILES string of the molecule is CC(C)CNC(=O)c1cccn1CC(=O)O. The zero-order valence-corrected chi connectivity index (χ0v) is 9.43. The summed E-state index contributed by atoms with van der Waals surface area (Å²) in [6.45, 7) is 4.38. The van der Waals surface area contributed by atoms with E-state index in [1.807, 2.05) is 13.8 Å². The highest BCUT2D eigenvalue weighted by Crippen LogP contribution is 2.02. The summed E-state index contributed by atoms with van der Waals surface area (Å²) < 4.78 is 1.41. The number of hydrogen-bond donors (Lipinski definition) is 2. The first kappa shape index (κ1) is 12.3. The number of hydrogen-bond acceptors (Lipinski definition) is 2. The molecule has 0 aliphatic heterocycles. The summed E-state index contributed by atoms with van der Waals surface area (Å²) in [7, 11) is 0. The number of nitrogens with one attached hydrogen (secondary N) is 1. The van der Waals surface area contributed by atoms with Crippen LogP contribution in [0.5, 0.6) is 0 Å². The van der Waals surface area contributed by atoms with Crippen LogP contribution in [0, 0.1) is 5.92 Å². The maximum Gasteiger partial charge on any atom is 0.323 e. The molecule has 2 N–H and O–H groups in total. The van der Waals surface area contributed by atoms with Gasteiger partial charge >= 0.3 is 5.97 Å². The molecule has 1 rings (SSSR count). The summed E-state index contributed by atoms with van der Waals surface area (Å²) in [5.41, 5.74) is 0.378. The Hall–Kier alpha value is -1.78. The average molecular weight is 224 g/mol. The van der Waals surface area contributed by atoms with Crippen molar-refractivity contribution in [3.63, 3.8) is 0 Å². The lowest BCUT2D eigenvalue weighted by molar-refractivity contribution is -0.137. The van der Waals surface area contributed by atoms with Crippen LogP contribution in [-0.4, -0.2) is 28.1 Å². The van der Waals surface area contributed by atoms with E-state index in [0.717, 1.165) is 0 Å². The van der Waals surface area contributed by atoms with Crippen molar-refractivity contribution in [3.8, 4) is 0 Å². The molecule has 1 amide bonds. The molecule has 5 nitrogen and oxygen atoms in total. The van der Waals surface area contributed by atoms with Gasteiger partial charge in [-0.05, 0) is 18.1 Å². The molecule has 0 aliphatic carbocycles. The third kappa shape index (κ3) is 3.42. The first-order valence-electron chi connectivity index (χ1n) is 5.16. The second-order valence-corrected chi connectivity index (χ2v) is 4.02. The molecule has 88 valence electrons. The maximum absolute atomic E-state index is 11.7. The molecule has 0 aliphatic rings. The van der Waals surface area contributed by atoms with Gasteiger partial charge in [-0.3, -0.25) is 9.59 Å². The van der Waals surface area contributed by atoms with Crippen LogP contribution in [0.2, 0.25) is 0 Å². The number of carbonyl (C=O) groups is 2. The molecule has 1 heterocycles. The summed E-state index contributed by atoms with van der Waals surface area (Å²) in [4.78, 5) is 22.2. The standard InChI is InChI=1S/C11H16N2O3/c1-8(2)6-12-11(16)9-4-3-5-13(9)7-10(14)15/h3-5,8H,6-7H2,1-2H3,(H,12,16)(H,14,15). The molecule has 1 aromatic heterocycles. The van der Waals surface area contributed by atoms with Gasteiger partial charge in [0.1, 0.15) is 12.2 Å². The van der Waals surface area contributed by atoms with Crippen molar-refractivity contribution in [1.29, 1.82) is 0 Å². The van der Waals surface area contributed by atoms with E-state index in [4.69, 9.17) is 5.11 Å². The number of carboxylic acids is 1. The summed E-state index contributed by atoms with van der Waals surface area (Å²) >= 11 is 0. The van der Waals surface area contributed by atoms with Gasteiger partial charge < -0.3 is 15.0 Å². The Balaban J connectivity index is 2.68. The zero-order chi connectivity index (χ0) is 12.1. The van der Waals surface area contributed by atoms with E-state index in [1.165, 1.54) is 4.57 Å². The van der Waals surface area contributed by atoms with Crippen LogP contribution >= 0.6 is 0 Å². The molecule has 0 saturated heterocycles. The zero-order valence-electron chi connectivity index (χ0n) is 9.43. The van der Waals surface area contributed by atoms with E-state index in [-0.39, 0.29) is 12.5 Å². The van der Waals surface area contributed by atoms with Gasteiger partial charge in [-0.15, -0.1) is 0 Å². The highest BCUT2D eigenvalue weighted by molar-refractivity contribution is 5.93. The highest BCUT2D eigenvalue weighted by atomic mass is 16.4. The fourth-order valence-electron chi connectivity index (χ4n) is 1.29. The van der Waals surface area contributed by atoms with E-state index in [9.17, 15) is 9.59 Å². The quantitative estimate of drug-likeness (QED) is 0.782. The van der Waals surface area contributed by atoms with Crippen LogP contribution in [0.15, 0.2) is 18.3 Å². The molecule has 0 saturated carbocycles. The minimum Gasteiger partial charge on any atom is -0.480 e. The van der Waals surface area contributed by atoms with Gasteiger partial charge in [0.15, 0.2) is 0 Å². The fraction of sp³-hybridized carbons (Fsp3) is 0.455. The topological polar surface area (TPSA) is 71.3 Å². The molecule has 16 heavy (non-hydrogen) atoms. The number of nitrogens with zero attached hydrogens (tertiary/aromatic N) is 1. The molecule has 0 atom stereocenters. The van der Waals surface area contributed by atoms with Gasteiger partial charge in [-0.25, -0.2) is 0 Å². The van der Waals surface area contributed by atoms with Crippen molar-refractivity contribution in [3.05, 3.63) is 24.0 Å². The smallest absolute Gasteiger partial charge is 0.323 e. The van der Waals surface area contributed by atoms with E-state index >= 15 is 0 Å². The molecule has 0 fully saturated rings. The lowest BCUT2D eigenvalue weighted by atomic mass is 10.2. The second-order valence-electron chi connectivity index (χ2n) is 4.02. The average Bonchev–Trinajstić information content (AvgIpc) is 2.61. The lowest BCUT2D eigenvalue weighted by Gasteiger charge is -2.09. The van der Waals surface area contributed by atoms with Crippen LogP contribution in [0.3, 0.4) is 0 Å². The number of aromatic nitrogens is 1. The Morgan fingerprint density at radius 2 is 2.19 bits per heavy atom. The molecule has 0 radical (unpaired) electrons. The summed E-state index contributed by atoms with van der Waals surface area (Å²) in [6.07, 6.45) is 1.58. The number of rotatable bonds is 5. The predicted molar refractivity (Wildman–Crippen MR) is 59.2 cm³/mol. The van der Waals surface area contributed by atoms with Crippen LogP contribution in [0.25, 0.3) is 0 Å². The second kappa shape index (κ2) is 5.34. The summed E-state index contributed by atoms with van der Waals surface area (Å²) in [6, 6.07) is 3.27. The van der Waals surface area contributed by atoms with Gasteiger partial charge in [0, 0.05) is 12.7 Å². The molecule has 5 heteroatoms. The minimum absolute atomic E-state index is 0.197. The number of carboxylic acid groups (broad SMARTS) is 1. The van der Waals surface area contributed by atoms with Crippen molar-refractivity contribution < 1.29 is 14.7 Å². The van der Waals surface area contributed by atoms with E-state index in [1.54, 1.807) is 18.3 Å². The lowest BCUT2D eigenvalue weighted by Crippen LogP contribution is -2.29. The van der Waals surface area contributed by atoms with Crippen LogP contribution in [0.4, 0.5) is 0 Å². The Morgan fingerprint density at radius 3 is 2.75 bits per heavy atom. The molecule has 0 unspecified atom stereocenters. The normalized spacial score (nSPS) is 10.4. The number of aliphatic carboxylic acids is 1. The van der Waals surface area contributed by atoms with Gasteiger partial charge in [-0.2, -0.15) is 0 Å². The van der Waals surface area contributed by atoms with Crippen molar-refractivity contribution >= 4 is 11.9 Å². The minimum atomic E-state index is -0.964. The Bertz CT molecular complexity index is 382. The third-order valence-corrected chi connectivity index (χ3v) is 2.04. The Kier molecular flexibility index (Phi) is 4.10. The Labute approximate surface area is 94.1 Å². The van der Waals surface area contributed by atoms with Gasteiger partial charge in [0.2, 0.25) is 0 Å². The van der Waals surface area contributed by atoms with Gasteiger partial charge in [-0.1, -0.05) is 13.8 Å². The van der Waals surface area contributed by atoms with Crippen molar-refractivity contribution in [2.75, 3.05) is 6.54 Å². The molecule has 0 bridgehead atoms. The molecule has 0 aromatic carbocycles. The monoisotopic (exact) mass is 224 g/mol. The van der Waals surface area contributed by atoms with Gasteiger partial charge in [0.05, 0.1) is 0 Å². The molecule has 1 aromatic rings. The summed E-state index contributed by atoms with van der Waals surface area (Å²) in [5.74, 6) is -0.833. The highest BCUT2D eigenvalue weighted by Gasteiger charge is 2.12. The van der Waals surface area contributed by atoms with E-state index in [2.05, 4.69) is 5.32 Å². The van der Waals surface area contributed by atoms with E-state index in [0.29, 0.717) is 18.2 Å². The van der Waals surface area contributed by atoms with Crippen LogP contribution in [0.1, 0.15) is 24.3 Å². The predicted octanol–water partition coefficient (Wildman–Crippen LogP) is 0.958. The van der Waals surface area contributed by atoms with Crippen molar-refractivity contribution in [2.24, 2.45) is 5.92 Å². The summed E-state index contributed by atoms with van der Waals surface area (Å²) in [5, 5.41) is 11.4. The third-order valence-electron chi connectivity index (χ3n) is 2.04. The Morgan fingerprint density at radius 1 is 1.50 bits per heavy atom. The fourth-order valence-corrected chi connectivity index (χ4v) is 1.29. The number of carbonyl (C=O) groups excluding carboxylic acids is 1.